The Hall–Kier alpha value is 0.530. The molecule has 0 aromatic heterocycles. The summed E-state index contributed by atoms with van der Waals surface area (Å²) in [6, 6.07) is 6.38. The van der Waals surface area contributed by atoms with E-state index >= 15 is 0 Å². The third-order valence-corrected chi connectivity index (χ3v) is 3.68. The van der Waals surface area contributed by atoms with Crippen LogP contribution in [0.3, 0.4) is 0 Å². The van der Waals surface area contributed by atoms with Crippen molar-refractivity contribution < 1.29 is 0 Å². The molecule has 0 aliphatic heterocycles. The van der Waals surface area contributed by atoms with Crippen molar-refractivity contribution in [2.45, 2.75) is 11.8 Å². The molecule has 0 amide bonds. The zero-order valence-electron chi connectivity index (χ0n) is 6.10. The largest absolute Gasteiger partial charge is 0.113 e. The van der Waals surface area contributed by atoms with Crippen molar-refractivity contribution >= 4 is 43.6 Å². The topological polar surface area (TPSA) is 0 Å². The fourth-order valence-corrected chi connectivity index (χ4v) is 2.84. The van der Waals surface area contributed by atoms with E-state index in [1.807, 2.05) is 0 Å². The average Bonchev–Trinajstić information content (AvgIpc) is 1.95. The van der Waals surface area contributed by atoms with Gasteiger partial charge >= 0.3 is 0 Å². The number of halogens is 2. The van der Waals surface area contributed by atoms with Crippen LogP contribution in [0, 0.1) is 6.92 Å². The Balaban J connectivity index is 2.90. The van der Waals surface area contributed by atoms with Gasteiger partial charge in [-0.15, -0.1) is 11.8 Å². The van der Waals surface area contributed by atoms with Crippen molar-refractivity contribution in [2.24, 2.45) is 0 Å². The molecule has 0 bridgehead atoms. The van der Waals surface area contributed by atoms with Crippen LogP contribution in [-0.2, 0) is 0 Å². The first kappa shape index (κ1) is 9.62. The van der Waals surface area contributed by atoms with Gasteiger partial charge in [0.25, 0.3) is 0 Å². The van der Waals surface area contributed by atoms with Crippen molar-refractivity contribution in [2.75, 3.05) is 4.66 Å². The van der Waals surface area contributed by atoms with E-state index in [0.29, 0.717) is 0 Å². The number of hydrogen-bond donors (Lipinski definition) is 0. The predicted molar refractivity (Wildman–Crippen MR) is 58.5 cm³/mol. The van der Waals surface area contributed by atoms with Crippen LogP contribution < -0.4 is 0 Å². The fourth-order valence-electron chi connectivity index (χ4n) is 0.782. The SMILES string of the molecule is Cc1ccc(SCBr)c(Br)c1. The van der Waals surface area contributed by atoms with Crippen LogP contribution in [0.5, 0.6) is 0 Å². The van der Waals surface area contributed by atoms with Gasteiger partial charge in [0.1, 0.15) is 0 Å². The molecule has 11 heavy (non-hydrogen) atoms. The lowest BCUT2D eigenvalue weighted by molar-refractivity contribution is 1.34. The third-order valence-electron chi connectivity index (χ3n) is 1.30. The number of aryl methyl sites for hydroxylation is 1. The van der Waals surface area contributed by atoms with Crippen LogP contribution >= 0.6 is 43.6 Å². The summed E-state index contributed by atoms with van der Waals surface area (Å²) in [6.07, 6.45) is 0. The molecule has 0 spiro atoms. The molecular weight excluding hydrogens is 288 g/mol. The maximum atomic E-state index is 3.51. The highest BCUT2D eigenvalue weighted by Gasteiger charge is 1.98. The lowest BCUT2D eigenvalue weighted by atomic mass is 10.2. The first-order valence-corrected chi connectivity index (χ1v) is 6.09. The van der Waals surface area contributed by atoms with Crippen molar-refractivity contribution in [1.29, 1.82) is 0 Å². The highest BCUT2D eigenvalue weighted by Crippen LogP contribution is 2.28. The van der Waals surface area contributed by atoms with Crippen LogP contribution in [-0.4, -0.2) is 4.66 Å². The molecule has 0 atom stereocenters. The van der Waals surface area contributed by atoms with Gasteiger partial charge in [-0.05, 0) is 40.5 Å². The summed E-state index contributed by atoms with van der Waals surface area (Å²) in [4.78, 5) is 1.28. The molecule has 0 radical (unpaired) electrons. The monoisotopic (exact) mass is 294 g/mol. The Morgan fingerprint density at radius 2 is 2.18 bits per heavy atom. The average molecular weight is 296 g/mol. The van der Waals surface area contributed by atoms with Gasteiger partial charge in [0, 0.05) is 9.37 Å². The highest BCUT2D eigenvalue weighted by atomic mass is 79.9. The van der Waals surface area contributed by atoms with E-state index in [1.165, 1.54) is 14.9 Å². The summed E-state index contributed by atoms with van der Waals surface area (Å²) < 4.78 is 2.12. The molecule has 60 valence electrons. The van der Waals surface area contributed by atoms with Gasteiger partial charge in [0.2, 0.25) is 0 Å². The van der Waals surface area contributed by atoms with Crippen molar-refractivity contribution in [3.8, 4) is 0 Å². The van der Waals surface area contributed by atoms with E-state index in [0.717, 1.165) is 4.66 Å². The normalized spacial score (nSPS) is 10.1. The minimum atomic E-state index is 0.939. The van der Waals surface area contributed by atoms with Crippen molar-refractivity contribution in [3.05, 3.63) is 28.2 Å². The Labute approximate surface area is 88.0 Å². The summed E-state index contributed by atoms with van der Waals surface area (Å²) in [5, 5.41) is 0. The van der Waals surface area contributed by atoms with Gasteiger partial charge < -0.3 is 0 Å². The summed E-state index contributed by atoms with van der Waals surface area (Å²) in [7, 11) is 0. The van der Waals surface area contributed by atoms with Crippen molar-refractivity contribution in [1.82, 2.24) is 0 Å². The lowest BCUT2D eigenvalue weighted by Gasteiger charge is -2.01. The quantitative estimate of drug-likeness (QED) is 0.582. The first-order valence-electron chi connectivity index (χ1n) is 3.19. The minimum Gasteiger partial charge on any atom is -0.113 e. The van der Waals surface area contributed by atoms with Gasteiger partial charge in [-0.25, -0.2) is 0 Å². The molecule has 1 rings (SSSR count). The Kier molecular flexibility index (Phi) is 3.96. The standard InChI is InChI=1S/C8H8Br2S/c1-6-2-3-8(11-5-9)7(10)4-6/h2-4H,5H2,1H3. The number of thioether (sulfide) groups is 1. The van der Waals surface area contributed by atoms with Crippen LogP contribution in [0.25, 0.3) is 0 Å². The molecule has 0 heterocycles. The molecule has 0 aliphatic rings. The molecule has 0 nitrogen and oxygen atoms in total. The first-order chi connectivity index (χ1) is 5.24. The summed E-state index contributed by atoms with van der Waals surface area (Å²) in [5.41, 5.74) is 1.29. The Bertz CT molecular complexity index is 248. The summed E-state index contributed by atoms with van der Waals surface area (Å²) in [5.74, 6) is 0. The molecule has 0 N–H and O–H groups in total. The minimum absolute atomic E-state index is 0.939. The number of alkyl halides is 1. The van der Waals surface area contributed by atoms with Gasteiger partial charge in [0.05, 0.1) is 4.66 Å². The second-order valence-electron chi connectivity index (χ2n) is 2.19. The predicted octanol–water partition coefficient (Wildman–Crippen LogP) is 4.20. The molecule has 0 saturated carbocycles. The number of benzene rings is 1. The second-order valence-corrected chi connectivity index (χ2v) is 5.36. The van der Waals surface area contributed by atoms with Crippen LogP contribution in [0.15, 0.2) is 27.6 Å². The van der Waals surface area contributed by atoms with E-state index < -0.39 is 0 Å². The zero-order valence-corrected chi connectivity index (χ0v) is 10.1. The smallest absolute Gasteiger partial charge is 0.0537 e. The highest BCUT2D eigenvalue weighted by molar-refractivity contribution is 9.11. The van der Waals surface area contributed by atoms with E-state index in [2.05, 4.69) is 57.0 Å². The molecular formula is C8H8Br2S. The fraction of sp³-hybridized carbons (Fsp3) is 0.250. The molecule has 0 fully saturated rings. The van der Waals surface area contributed by atoms with Crippen LogP contribution in [0.1, 0.15) is 5.56 Å². The van der Waals surface area contributed by atoms with E-state index in [4.69, 9.17) is 0 Å². The maximum Gasteiger partial charge on any atom is 0.0537 e. The van der Waals surface area contributed by atoms with Gasteiger partial charge in [-0.3, -0.25) is 0 Å². The molecule has 1 aromatic carbocycles. The third kappa shape index (κ3) is 2.80. The summed E-state index contributed by atoms with van der Waals surface area (Å²) >= 11 is 8.67. The molecule has 3 heteroatoms. The molecule has 1 aromatic rings. The maximum absolute atomic E-state index is 3.51. The number of rotatable bonds is 2. The van der Waals surface area contributed by atoms with E-state index in [-0.39, 0.29) is 0 Å². The van der Waals surface area contributed by atoms with Gasteiger partial charge in [-0.2, -0.15) is 0 Å². The van der Waals surface area contributed by atoms with Crippen molar-refractivity contribution in [3.63, 3.8) is 0 Å². The van der Waals surface area contributed by atoms with Gasteiger partial charge in [-0.1, -0.05) is 22.0 Å². The van der Waals surface area contributed by atoms with E-state index in [9.17, 15) is 0 Å². The summed E-state index contributed by atoms with van der Waals surface area (Å²) in [6.45, 7) is 2.09. The lowest BCUT2D eigenvalue weighted by Crippen LogP contribution is -1.76. The molecule has 0 aliphatic carbocycles. The van der Waals surface area contributed by atoms with Gasteiger partial charge in [0.15, 0.2) is 0 Å². The Morgan fingerprint density at radius 3 is 2.73 bits per heavy atom. The van der Waals surface area contributed by atoms with Crippen LogP contribution in [0.4, 0.5) is 0 Å². The second kappa shape index (κ2) is 4.53. The zero-order chi connectivity index (χ0) is 8.27. The van der Waals surface area contributed by atoms with E-state index in [1.54, 1.807) is 11.8 Å². The Morgan fingerprint density at radius 1 is 1.45 bits per heavy atom. The molecule has 0 unspecified atom stereocenters. The number of hydrogen-bond acceptors (Lipinski definition) is 1. The van der Waals surface area contributed by atoms with Crippen LogP contribution in [0.2, 0.25) is 0 Å². The molecule has 0 saturated heterocycles.